The highest BCUT2D eigenvalue weighted by Crippen LogP contribution is 2.33. The zero-order valence-electron chi connectivity index (χ0n) is 16.4. The third kappa shape index (κ3) is 4.57. The van der Waals surface area contributed by atoms with Gasteiger partial charge in [0, 0.05) is 51.3 Å². The van der Waals surface area contributed by atoms with E-state index in [2.05, 4.69) is 16.9 Å². The van der Waals surface area contributed by atoms with Gasteiger partial charge in [-0.05, 0) is 6.42 Å². The second-order valence-corrected chi connectivity index (χ2v) is 7.57. The number of carbonyl (C=O) groups is 2. The molecule has 1 aromatic heterocycles. The number of likely N-dealkylation sites (tertiary alicyclic amines) is 1. The summed E-state index contributed by atoms with van der Waals surface area (Å²) < 4.78 is 5.75. The molecule has 148 valence electrons. The first-order valence-corrected chi connectivity index (χ1v) is 10.1. The first kappa shape index (κ1) is 19.6. The van der Waals surface area contributed by atoms with E-state index in [0.717, 1.165) is 31.6 Å². The summed E-state index contributed by atoms with van der Waals surface area (Å²) in [4.78, 5) is 36.9. The van der Waals surface area contributed by atoms with Crippen molar-refractivity contribution < 1.29 is 14.3 Å². The Morgan fingerprint density at radius 3 is 2.48 bits per heavy atom. The van der Waals surface area contributed by atoms with Gasteiger partial charge in [0.1, 0.15) is 11.4 Å². The molecule has 2 saturated heterocycles. The molecule has 3 heterocycles. The second kappa shape index (κ2) is 8.67. The topological polar surface area (TPSA) is 75.6 Å². The van der Waals surface area contributed by atoms with Gasteiger partial charge in [-0.1, -0.05) is 33.1 Å². The molecule has 0 bridgehead atoms. The van der Waals surface area contributed by atoms with Crippen molar-refractivity contribution in [3.8, 4) is 0 Å². The number of aryl methyl sites for hydroxylation is 1. The molecule has 0 saturated carbocycles. The molecule has 2 amide bonds. The number of amides is 2. The number of carbonyl (C=O) groups excluding carboxylic acids is 2. The van der Waals surface area contributed by atoms with E-state index in [9.17, 15) is 9.59 Å². The maximum absolute atomic E-state index is 12.7. The van der Waals surface area contributed by atoms with Crippen LogP contribution in [0, 0.1) is 0 Å². The van der Waals surface area contributed by atoms with Gasteiger partial charge >= 0.3 is 6.09 Å². The standard InChI is InChI=1S/C20H30N4O3/c1-3-5-6-7-10-24-15-20(27-19(24)26)8-11-23(12-9-20)18(25)16-13-21-17(4-2)22-14-16/h13-14H,3-12,15H2,1-2H3. The van der Waals surface area contributed by atoms with Crippen molar-refractivity contribution in [1.29, 1.82) is 0 Å². The fourth-order valence-electron chi connectivity index (χ4n) is 3.80. The van der Waals surface area contributed by atoms with Crippen LogP contribution in [-0.2, 0) is 11.2 Å². The van der Waals surface area contributed by atoms with Gasteiger partial charge < -0.3 is 14.5 Å². The zero-order chi connectivity index (χ0) is 19.3. The van der Waals surface area contributed by atoms with Crippen molar-refractivity contribution in [2.24, 2.45) is 0 Å². The van der Waals surface area contributed by atoms with Crippen LogP contribution in [0.1, 0.15) is 68.6 Å². The average Bonchev–Trinajstić information content (AvgIpc) is 3.00. The first-order chi connectivity index (χ1) is 13.1. The van der Waals surface area contributed by atoms with Gasteiger partial charge in [0.25, 0.3) is 5.91 Å². The van der Waals surface area contributed by atoms with Crippen LogP contribution in [0.25, 0.3) is 0 Å². The number of aromatic nitrogens is 2. The third-order valence-electron chi connectivity index (χ3n) is 5.55. The minimum Gasteiger partial charge on any atom is -0.441 e. The van der Waals surface area contributed by atoms with Crippen molar-refractivity contribution in [2.75, 3.05) is 26.2 Å². The molecule has 3 rings (SSSR count). The van der Waals surface area contributed by atoms with Gasteiger partial charge in [-0.2, -0.15) is 0 Å². The van der Waals surface area contributed by atoms with E-state index in [1.165, 1.54) is 12.8 Å². The van der Waals surface area contributed by atoms with E-state index >= 15 is 0 Å². The lowest BCUT2D eigenvalue weighted by atomic mass is 9.91. The Hall–Kier alpha value is -2.18. The van der Waals surface area contributed by atoms with Crippen LogP contribution >= 0.6 is 0 Å². The Morgan fingerprint density at radius 1 is 1.15 bits per heavy atom. The summed E-state index contributed by atoms with van der Waals surface area (Å²) in [5, 5.41) is 0. The van der Waals surface area contributed by atoms with Crippen LogP contribution in [0.15, 0.2) is 12.4 Å². The van der Waals surface area contributed by atoms with Gasteiger partial charge in [0.2, 0.25) is 0 Å². The molecule has 27 heavy (non-hydrogen) atoms. The maximum Gasteiger partial charge on any atom is 0.410 e. The van der Waals surface area contributed by atoms with Gasteiger partial charge in [-0.15, -0.1) is 0 Å². The number of hydrogen-bond acceptors (Lipinski definition) is 5. The maximum atomic E-state index is 12.7. The highest BCUT2D eigenvalue weighted by molar-refractivity contribution is 5.93. The van der Waals surface area contributed by atoms with Crippen molar-refractivity contribution in [1.82, 2.24) is 19.8 Å². The summed E-state index contributed by atoms with van der Waals surface area (Å²) in [5.41, 5.74) is 0.0883. The molecule has 7 nitrogen and oxygen atoms in total. The first-order valence-electron chi connectivity index (χ1n) is 10.1. The second-order valence-electron chi connectivity index (χ2n) is 7.57. The quantitative estimate of drug-likeness (QED) is 0.686. The number of unbranched alkanes of at least 4 members (excludes halogenated alkanes) is 3. The molecular weight excluding hydrogens is 344 g/mol. The van der Waals surface area contributed by atoms with E-state index < -0.39 is 5.60 Å². The van der Waals surface area contributed by atoms with Crippen LogP contribution in [-0.4, -0.2) is 63.5 Å². The van der Waals surface area contributed by atoms with E-state index in [1.54, 1.807) is 12.4 Å². The fraction of sp³-hybridized carbons (Fsp3) is 0.700. The smallest absolute Gasteiger partial charge is 0.410 e. The lowest BCUT2D eigenvalue weighted by molar-refractivity contribution is 0.00311. The van der Waals surface area contributed by atoms with Crippen LogP contribution in [0.5, 0.6) is 0 Å². The van der Waals surface area contributed by atoms with E-state index in [0.29, 0.717) is 38.0 Å². The Kier molecular flexibility index (Phi) is 6.29. The third-order valence-corrected chi connectivity index (χ3v) is 5.55. The molecule has 0 unspecified atom stereocenters. The van der Waals surface area contributed by atoms with Crippen LogP contribution in [0.4, 0.5) is 4.79 Å². The Balaban J connectivity index is 1.52. The molecular formula is C20H30N4O3. The number of rotatable bonds is 7. The van der Waals surface area contributed by atoms with Crippen molar-refractivity contribution in [3.05, 3.63) is 23.8 Å². The highest BCUT2D eigenvalue weighted by atomic mass is 16.6. The van der Waals surface area contributed by atoms with Gasteiger partial charge in [-0.25, -0.2) is 14.8 Å². The average molecular weight is 374 g/mol. The van der Waals surface area contributed by atoms with Crippen LogP contribution in [0.3, 0.4) is 0 Å². The zero-order valence-corrected chi connectivity index (χ0v) is 16.4. The van der Waals surface area contributed by atoms with Crippen molar-refractivity contribution >= 4 is 12.0 Å². The van der Waals surface area contributed by atoms with Crippen molar-refractivity contribution in [2.45, 2.75) is 64.4 Å². The lowest BCUT2D eigenvalue weighted by Crippen LogP contribution is -2.48. The normalized spacial score (nSPS) is 18.8. The minimum atomic E-state index is -0.429. The molecule has 0 N–H and O–H groups in total. The molecule has 7 heteroatoms. The molecule has 1 spiro atoms. The largest absolute Gasteiger partial charge is 0.441 e. The molecule has 2 fully saturated rings. The molecule has 0 radical (unpaired) electrons. The molecule has 2 aliphatic rings. The highest BCUT2D eigenvalue weighted by Gasteiger charge is 2.47. The number of hydrogen-bond donors (Lipinski definition) is 0. The number of piperidine rings is 1. The van der Waals surface area contributed by atoms with Gasteiger partial charge in [0.15, 0.2) is 0 Å². The number of ether oxygens (including phenoxy) is 1. The molecule has 0 aromatic carbocycles. The molecule has 2 aliphatic heterocycles. The van der Waals surface area contributed by atoms with Gasteiger partial charge in [-0.3, -0.25) is 4.79 Å². The van der Waals surface area contributed by atoms with E-state index in [1.807, 2.05) is 16.7 Å². The molecule has 0 aliphatic carbocycles. The predicted molar refractivity (Wildman–Crippen MR) is 101 cm³/mol. The minimum absolute atomic E-state index is 0.0479. The van der Waals surface area contributed by atoms with E-state index in [-0.39, 0.29) is 12.0 Å². The summed E-state index contributed by atoms with van der Waals surface area (Å²) in [6, 6.07) is 0. The molecule has 1 aromatic rings. The SMILES string of the molecule is CCCCCCN1CC2(CCN(C(=O)c3cnc(CC)nc3)CC2)OC1=O. The van der Waals surface area contributed by atoms with E-state index in [4.69, 9.17) is 4.74 Å². The Morgan fingerprint density at radius 2 is 1.85 bits per heavy atom. The predicted octanol–water partition coefficient (Wildman–Crippen LogP) is 3.05. The summed E-state index contributed by atoms with van der Waals surface area (Å²) in [6.07, 6.45) is 9.69. The van der Waals surface area contributed by atoms with Gasteiger partial charge in [0.05, 0.1) is 12.1 Å². The number of nitrogens with zero attached hydrogens (tertiary/aromatic N) is 4. The summed E-state index contributed by atoms with van der Waals surface area (Å²) in [5.74, 6) is 0.689. The Bertz CT molecular complexity index is 654. The monoisotopic (exact) mass is 374 g/mol. The summed E-state index contributed by atoms with van der Waals surface area (Å²) in [6.45, 7) is 6.75. The van der Waals surface area contributed by atoms with Crippen LogP contribution in [0.2, 0.25) is 0 Å². The summed E-state index contributed by atoms with van der Waals surface area (Å²) in [7, 11) is 0. The fourth-order valence-corrected chi connectivity index (χ4v) is 3.80. The Labute approximate surface area is 161 Å². The molecule has 0 atom stereocenters. The summed E-state index contributed by atoms with van der Waals surface area (Å²) >= 11 is 0. The lowest BCUT2D eigenvalue weighted by Gasteiger charge is -2.37. The van der Waals surface area contributed by atoms with Crippen LogP contribution < -0.4 is 0 Å². The van der Waals surface area contributed by atoms with Crippen molar-refractivity contribution in [3.63, 3.8) is 0 Å².